The second kappa shape index (κ2) is 11.8. The van der Waals surface area contributed by atoms with Crippen LogP contribution >= 0.6 is 0 Å². The molecule has 1 fully saturated rings. The largest absolute Gasteiger partial charge is 0.370 e. The molecule has 1 saturated heterocycles. The zero-order valence-electron chi connectivity index (χ0n) is 14.1. The van der Waals surface area contributed by atoms with Gasteiger partial charge in [0.15, 0.2) is 5.96 Å². The van der Waals surface area contributed by atoms with Gasteiger partial charge in [-0.2, -0.15) is 0 Å². The lowest BCUT2D eigenvalue weighted by molar-refractivity contribution is 0.152. The molecule has 0 aromatic rings. The molecule has 0 aromatic carbocycles. The molecule has 1 aliphatic rings. The Morgan fingerprint density at radius 2 is 1.81 bits per heavy atom. The monoisotopic (exact) mass is 297 g/mol. The molecule has 0 radical (unpaired) electrons. The molecular weight excluding hydrogens is 262 g/mol. The van der Waals surface area contributed by atoms with Crippen LogP contribution in [0, 0.1) is 0 Å². The Balaban J connectivity index is 1.92. The minimum absolute atomic E-state index is 0.617. The third kappa shape index (κ3) is 9.69. The summed E-state index contributed by atoms with van der Waals surface area (Å²) in [7, 11) is 2.20. The highest BCUT2D eigenvalue weighted by molar-refractivity contribution is 5.77. The second-order valence-electron chi connectivity index (χ2n) is 6.11. The van der Waals surface area contributed by atoms with Gasteiger partial charge >= 0.3 is 0 Å². The Hall–Kier alpha value is -0.810. The number of piperazine rings is 1. The first kappa shape index (κ1) is 18.2. The van der Waals surface area contributed by atoms with Crippen molar-refractivity contribution >= 4 is 5.96 Å². The number of hydrogen-bond donors (Lipinski definition) is 2. The van der Waals surface area contributed by atoms with Gasteiger partial charge in [-0.15, -0.1) is 0 Å². The van der Waals surface area contributed by atoms with Crippen LogP contribution in [0.2, 0.25) is 0 Å². The van der Waals surface area contributed by atoms with Crippen molar-refractivity contribution in [3.8, 4) is 0 Å². The molecule has 1 heterocycles. The maximum absolute atomic E-state index is 5.85. The predicted molar refractivity (Wildman–Crippen MR) is 91.8 cm³/mol. The van der Waals surface area contributed by atoms with Crippen LogP contribution in [0.4, 0.5) is 0 Å². The van der Waals surface area contributed by atoms with Crippen LogP contribution in [0.25, 0.3) is 0 Å². The van der Waals surface area contributed by atoms with Crippen LogP contribution < -0.4 is 11.1 Å². The number of nitrogens with two attached hydrogens (primary N) is 1. The van der Waals surface area contributed by atoms with Crippen LogP contribution in [-0.4, -0.2) is 68.6 Å². The van der Waals surface area contributed by atoms with Gasteiger partial charge in [0.1, 0.15) is 0 Å². The summed E-state index contributed by atoms with van der Waals surface area (Å²) in [6.45, 7) is 10.1. The minimum atomic E-state index is 0.617. The fourth-order valence-corrected chi connectivity index (χ4v) is 2.54. The van der Waals surface area contributed by atoms with E-state index in [4.69, 9.17) is 5.73 Å². The van der Waals surface area contributed by atoms with Gasteiger partial charge < -0.3 is 20.9 Å². The van der Waals surface area contributed by atoms with Crippen molar-refractivity contribution in [1.29, 1.82) is 0 Å². The van der Waals surface area contributed by atoms with Crippen LogP contribution in [0.15, 0.2) is 4.99 Å². The summed E-state index contributed by atoms with van der Waals surface area (Å²) in [5.41, 5.74) is 5.85. The molecule has 0 aliphatic carbocycles. The van der Waals surface area contributed by atoms with Gasteiger partial charge in [-0.05, 0) is 32.9 Å². The van der Waals surface area contributed by atoms with Crippen molar-refractivity contribution in [1.82, 2.24) is 15.1 Å². The highest BCUT2D eigenvalue weighted by Gasteiger charge is 2.12. The Kier molecular flexibility index (Phi) is 10.3. The number of hydrogen-bond acceptors (Lipinski definition) is 3. The van der Waals surface area contributed by atoms with Gasteiger partial charge in [-0.25, -0.2) is 0 Å². The van der Waals surface area contributed by atoms with Crippen LogP contribution in [0.1, 0.15) is 45.4 Å². The molecule has 21 heavy (non-hydrogen) atoms. The number of rotatable bonds is 10. The number of likely N-dealkylation sites (N-methyl/N-ethyl adjacent to an activating group) is 1. The summed E-state index contributed by atoms with van der Waals surface area (Å²) < 4.78 is 0. The Labute approximate surface area is 131 Å². The normalized spacial score (nSPS) is 18.1. The predicted octanol–water partition coefficient (Wildman–Crippen LogP) is 1.50. The van der Waals surface area contributed by atoms with Crippen molar-refractivity contribution in [3.05, 3.63) is 0 Å². The lowest BCUT2D eigenvalue weighted by Gasteiger charge is -2.32. The molecule has 1 aliphatic heterocycles. The zero-order chi connectivity index (χ0) is 15.3. The molecule has 0 aromatic heterocycles. The Bertz CT molecular complexity index is 272. The van der Waals surface area contributed by atoms with E-state index >= 15 is 0 Å². The fraction of sp³-hybridized carbons (Fsp3) is 0.938. The van der Waals surface area contributed by atoms with Gasteiger partial charge in [0.2, 0.25) is 0 Å². The third-order valence-corrected chi connectivity index (χ3v) is 4.10. The summed E-state index contributed by atoms with van der Waals surface area (Å²) in [6, 6.07) is 0. The van der Waals surface area contributed by atoms with Crippen molar-refractivity contribution in [3.63, 3.8) is 0 Å². The molecule has 1 rings (SSSR count). The van der Waals surface area contributed by atoms with Crippen LogP contribution in [-0.2, 0) is 0 Å². The number of guanidine groups is 1. The van der Waals surface area contributed by atoms with E-state index in [9.17, 15) is 0 Å². The Morgan fingerprint density at radius 3 is 2.52 bits per heavy atom. The lowest BCUT2D eigenvalue weighted by Crippen LogP contribution is -2.44. The summed E-state index contributed by atoms with van der Waals surface area (Å²) in [4.78, 5) is 9.32. The number of nitrogens with one attached hydrogen (secondary N) is 1. The first-order chi connectivity index (χ1) is 10.2. The molecule has 3 N–H and O–H groups in total. The van der Waals surface area contributed by atoms with E-state index in [1.165, 1.54) is 64.8 Å². The molecule has 5 nitrogen and oxygen atoms in total. The fourth-order valence-electron chi connectivity index (χ4n) is 2.54. The van der Waals surface area contributed by atoms with Crippen LogP contribution in [0.5, 0.6) is 0 Å². The summed E-state index contributed by atoms with van der Waals surface area (Å²) in [6.07, 6.45) is 7.39. The van der Waals surface area contributed by atoms with Gasteiger partial charge in [0, 0.05) is 39.3 Å². The topological polar surface area (TPSA) is 56.9 Å². The minimum Gasteiger partial charge on any atom is -0.370 e. The molecule has 0 unspecified atom stereocenters. The van der Waals surface area contributed by atoms with Crippen LogP contribution in [0.3, 0.4) is 0 Å². The lowest BCUT2D eigenvalue weighted by atomic mass is 10.2. The smallest absolute Gasteiger partial charge is 0.188 e. The molecule has 0 amide bonds. The third-order valence-electron chi connectivity index (χ3n) is 4.10. The van der Waals surface area contributed by atoms with E-state index in [1.807, 2.05) is 0 Å². The molecule has 5 heteroatoms. The van der Waals surface area contributed by atoms with E-state index in [0.717, 1.165) is 19.5 Å². The molecular formula is C16H35N5. The number of nitrogens with zero attached hydrogens (tertiary/aromatic N) is 3. The second-order valence-corrected chi connectivity index (χ2v) is 6.11. The zero-order valence-corrected chi connectivity index (χ0v) is 14.1. The summed E-state index contributed by atoms with van der Waals surface area (Å²) in [5.74, 6) is 0.617. The highest BCUT2D eigenvalue weighted by Crippen LogP contribution is 2.01. The standard InChI is InChI=1S/C16H35N5/c1-3-4-5-6-9-18-16(17)19-10-7-8-11-21-14-12-20(2)13-15-21/h3-15H2,1-2H3,(H3,17,18,19). The molecule has 0 saturated carbocycles. The first-order valence-corrected chi connectivity index (χ1v) is 8.67. The number of unbranched alkanes of at least 4 members (excludes halogenated alkanes) is 4. The van der Waals surface area contributed by atoms with Crippen molar-refractivity contribution in [2.75, 3.05) is 52.9 Å². The maximum atomic E-state index is 5.85. The summed E-state index contributed by atoms with van der Waals surface area (Å²) in [5, 5.41) is 3.22. The van der Waals surface area contributed by atoms with Gasteiger partial charge in [0.05, 0.1) is 0 Å². The first-order valence-electron chi connectivity index (χ1n) is 8.67. The maximum Gasteiger partial charge on any atom is 0.188 e. The van der Waals surface area contributed by atoms with Crippen molar-refractivity contribution in [2.45, 2.75) is 45.4 Å². The van der Waals surface area contributed by atoms with E-state index in [1.54, 1.807) is 0 Å². The molecule has 124 valence electrons. The quantitative estimate of drug-likeness (QED) is 0.364. The summed E-state index contributed by atoms with van der Waals surface area (Å²) >= 11 is 0. The Morgan fingerprint density at radius 1 is 1.05 bits per heavy atom. The molecule has 0 spiro atoms. The van der Waals surface area contributed by atoms with Gasteiger partial charge in [-0.3, -0.25) is 4.99 Å². The van der Waals surface area contributed by atoms with E-state index < -0.39 is 0 Å². The van der Waals surface area contributed by atoms with Crippen molar-refractivity contribution < 1.29 is 0 Å². The van der Waals surface area contributed by atoms with E-state index in [0.29, 0.717) is 5.96 Å². The highest BCUT2D eigenvalue weighted by atomic mass is 15.2. The van der Waals surface area contributed by atoms with Crippen molar-refractivity contribution in [2.24, 2.45) is 10.7 Å². The van der Waals surface area contributed by atoms with Gasteiger partial charge in [0.25, 0.3) is 0 Å². The molecule has 0 bridgehead atoms. The average molecular weight is 297 g/mol. The SMILES string of the molecule is CCCCCCN=C(N)NCCCCN1CCN(C)CC1. The van der Waals surface area contributed by atoms with E-state index in [2.05, 4.69) is 34.1 Å². The molecule has 0 atom stereocenters. The average Bonchev–Trinajstić information content (AvgIpc) is 2.48. The van der Waals surface area contributed by atoms with Gasteiger partial charge in [-0.1, -0.05) is 26.2 Å². The van der Waals surface area contributed by atoms with E-state index in [-0.39, 0.29) is 0 Å². The number of aliphatic imine (C=N–C) groups is 1.